The molecule has 4 nitrogen and oxygen atoms in total. The summed E-state index contributed by atoms with van der Waals surface area (Å²) >= 11 is 0. The summed E-state index contributed by atoms with van der Waals surface area (Å²) in [5.74, 6) is 0. The first-order valence-electron chi connectivity index (χ1n) is 5.95. The van der Waals surface area contributed by atoms with Gasteiger partial charge in [-0.15, -0.1) is 0 Å². The molecule has 0 heterocycles. The van der Waals surface area contributed by atoms with Crippen LogP contribution in [0.1, 0.15) is 52.4 Å². The average Bonchev–Trinajstić information content (AvgIpc) is 2.14. The lowest BCUT2D eigenvalue weighted by Gasteiger charge is -2.25. The van der Waals surface area contributed by atoms with E-state index >= 15 is 0 Å². The highest BCUT2D eigenvalue weighted by Gasteiger charge is 2.19. The van der Waals surface area contributed by atoms with Crippen LogP contribution in [0.2, 0.25) is 0 Å². The molecule has 0 spiro atoms. The SMILES string of the molecule is CCCCCN(CCCCC)P(N)(N)=O. The van der Waals surface area contributed by atoms with E-state index in [0.29, 0.717) is 0 Å². The third kappa shape index (κ3) is 7.97. The molecule has 0 aliphatic rings. The Kier molecular flexibility index (Phi) is 8.34. The summed E-state index contributed by atoms with van der Waals surface area (Å²) in [4.78, 5) is 0. The van der Waals surface area contributed by atoms with Crippen molar-refractivity contribution in [1.29, 1.82) is 0 Å². The molecule has 0 aromatic carbocycles. The molecule has 15 heavy (non-hydrogen) atoms. The maximum Gasteiger partial charge on any atom is 0.276 e. The van der Waals surface area contributed by atoms with Crippen LogP contribution in [0, 0.1) is 0 Å². The highest BCUT2D eigenvalue weighted by atomic mass is 31.2. The minimum absolute atomic E-state index is 0.766. The van der Waals surface area contributed by atoms with Crippen molar-refractivity contribution in [3.05, 3.63) is 0 Å². The topological polar surface area (TPSA) is 72.3 Å². The highest BCUT2D eigenvalue weighted by Crippen LogP contribution is 2.32. The van der Waals surface area contributed by atoms with E-state index in [2.05, 4.69) is 13.8 Å². The minimum Gasteiger partial charge on any atom is -0.271 e. The number of rotatable bonds is 9. The Bertz CT molecular complexity index is 183. The second-order valence-electron chi connectivity index (χ2n) is 4.04. The summed E-state index contributed by atoms with van der Waals surface area (Å²) in [6.45, 7) is 5.82. The summed E-state index contributed by atoms with van der Waals surface area (Å²) in [5, 5.41) is 0. The molecule has 5 heteroatoms. The first-order chi connectivity index (χ1) is 7.02. The van der Waals surface area contributed by atoms with Gasteiger partial charge >= 0.3 is 0 Å². The molecule has 0 rings (SSSR count). The van der Waals surface area contributed by atoms with Crippen molar-refractivity contribution in [2.24, 2.45) is 11.0 Å². The number of nitrogens with zero attached hydrogens (tertiary/aromatic N) is 1. The first-order valence-corrected chi connectivity index (χ1v) is 7.74. The number of hydrogen-bond donors (Lipinski definition) is 2. The zero-order valence-corrected chi connectivity index (χ0v) is 11.0. The second-order valence-corrected chi connectivity index (χ2v) is 5.95. The molecule has 0 fully saturated rings. The third-order valence-corrected chi connectivity index (χ3v) is 3.77. The average molecular weight is 235 g/mol. The molecule has 0 amide bonds. The molecular weight excluding hydrogens is 209 g/mol. The van der Waals surface area contributed by atoms with E-state index in [-0.39, 0.29) is 0 Å². The van der Waals surface area contributed by atoms with Gasteiger partial charge in [-0.3, -0.25) is 15.6 Å². The van der Waals surface area contributed by atoms with Crippen LogP contribution >= 0.6 is 7.59 Å². The summed E-state index contributed by atoms with van der Waals surface area (Å²) < 4.78 is 13.3. The second kappa shape index (κ2) is 8.28. The summed E-state index contributed by atoms with van der Waals surface area (Å²) in [5.41, 5.74) is 11.0. The van der Waals surface area contributed by atoms with Crippen molar-refractivity contribution < 1.29 is 4.57 Å². The zero-order valence-electron chi connectivity index (χ0n) is 10.1. The molecule has 92 valence electrons. The Balaban J connectivity index is 3.91. The first kappa shape index (κ1) is 15.1. The maximum absolute atomic E-state index is 11.6. The number of unbranched alkanes of at least 4 members (excludes halogenated alkanes) is 4. The molecule has 0 aliphatic heterocycles. The predicted octanol–water partition coefficient (Wildman–Crippen LogP) is 2.69. The van der Waals surface area contributed by atoms with E-state index in [4.69, 9.17) is 11.0 Å². The van der Waals surface area contributed by atoms with Crippen LogP contribution < -0.4 is 11.0 Å². The summed E-state index contributed by atoms with van der Waals surface area (Å²) in [6, 6.07) is 0. The Labute approximate surface area is 93.9 Å². The lowest BCUT2D eigenvalue weighted by Crippen LogP contribution is -2.30. The van der Waals surface area contributed by atoms with E-state index < -0.39 is 7.59 Å². The highest BCUT2D eigenvalue weighted by molar-refractivity contribution is 7.56. The lowest BCUT2D eigenvalue weighted by atomic mass is 10.2. The number of nitrogens with two attached hydrogens (primary N) is 2. The quantitative estimate of drug-likeness (QED) is 0.476. The fourth-order valence-corrected chi connectivity index (χ4v) is 2.42. The molecule has 0 aromatic rings. The van der Waals surface area contributed by atoms with Crippen LogP contribution in [0.15, 0.2) is 0 Å². The van der Waals surface area contributed by atoms with Crippen LogP contribution in [0.3, 0.4) is 0 Å². The van der Waals surface area contributed by atoms with Gasteiger partial charge < -0.3 is 0 Å². The van der Waals surface area contributed by atoms with Crippen LogP contribution in [0.5, 0.6) is 0 Å². The Hall–Kier alpha value is 0.110. The van der Waals surface area contributed by atoms with Crippen LogP contribution in [0.4, 0.5) is 0 Å². The fourth-order valence-electron chi connectivity index (χ4n) is 1.51. The van der Waals surface area contributed by atoms with Crippen LogP contribution in [-0.2, 0) is 4.57 Å². The standard InChI is InChI=1S/C10H26N3OP/c1-3-5-7-9-13(15(11,12)14)10-8-6-4-2/h3-10H2,1-2H3,(H4,11,12,14). The molecular formula is C10H26N3OP. The van der Waals surface area contributed by atoms with Gasteiger partial charge in [0.25, 0.3) is 7.59 Å². The van der Waals surface area contributed by atoms with Gasteiger partial charge in [0, 0.05) is 13.1 Å². The van der Waals surface area contributed by atoms with Gasteiger partial charge in [0.05, 0.1) is 0 Å². The largest absolute Gasteiger partial charge is 0.276 e. The maximum atomic E-state index is 11.6. The van der Waals surface area contributed by atoms with Crippen molar-refractivity contribution in [3.63, 3.8) is 0 Å². The van der Waals surface area contributed by atoms with Gasteiger partial charge in [-0.05, 0) is 12.8 Å². The molecule has 0 unspecified atom stereocenters. The van der Waals surface area contributed by atoms with Gasteiger partial charge in [-0.25, -0.2) is 4.67 Å². The van der Waals surface area contributed by atoms with Crippen molar-refractivity contribution in [2.45, 2.75) is 52.4 Å². The fraction of sp³-hybridized carbons (Fsp3) is 1.00. The van der Waals surface area contributed by atoms with Crippen molar-refractivity contribution in [1.82, 2.24) is 4.67 Å². The van der Waals surface area contributed by atoms with Gasteiger partial charge in [-0.1, -0.05) is 39.5 Å². The lowest BCUT2D eigenvalue weighted by molar-refractivity contribution is 0.387. The molecule has 0 aromatic heterocycles. The molecule has 0 atom stereocenters. The third-order valence-electron chi connectivity index (χ3n) is 2.48. The van der Waals surface area contributed by atoms with E-state index in [1.165, 1.54) is 0 Å². The van der Waals surface area contributed by atoms with Crippen molar-refractivity contribution in [2.75, 3.05) is 13.1 Å². The van der Waals surface area contributed by atoms with Crippen LogP contribution in [-0.4, -0.2) is 17.8 Å². The molecule has 4 N–H and O–H groups in total. The van der Waals surface area contributed by atoms with Gasteiger partial charge in [-0.2, -0.15) is 0 Å². The predicted molar refractivity (Wildman–Crippen MR) is 66.6 cm³/mol. The van der Waals surface area contributed by atoms with Crippen molar-refractivity contribution >= 4 is 7.59 Å². The normalized spacial score (nSPS) is 12.3. The van der Waals surface area contributed by atoms with E-state index in [0.717, 1.165) is 51.6 Å². The Morgan fingerprint density at radius 3 is 1.60 bits per heavy atom. The van der Waals surface area contributed by atoms with Crippen LogP contribution in [0.25, 0.3) is 0 Å². The Morgan fingerprint density at radius 2 is 1.33 bits per heavy atom. The monoisotopic (exact) mass is 235 g/mol. The van der Waals surface area contributed by atoms with Gasteiger partial charge in [0.2, 0.25) is 0 Å². The number of hydrogen-bond acceptors (Lipinski definition) is 1. The summed E-state index contributed by atoms with van der Waals surface area (Å²) in [7, 11) is -3.02. The molecule has 0 saturated heterocycles. The summed E-state index contributed by atoms with van der Waals surface area (Å²) in [6.07, 6.45) is 6.65. The molecule has 0 bridgehead atoms. The minimum atomic E-state index is -3.02. The molecule has 0 radical (unpaired) electrons. The van der Waals surface area contributed by atoms with E-state index in [1.54, 1.807) is 4.67 Å². The molecule has 0 saturated carbocycles. The Morgan fingerprint density at radius 1 is 0.933 bits per heavy atom. The zero-order chi connectivity index (χ0) is 11.7. The van der Waals surface area contributed by atoms with Gasteiger partial charge in [0.15, 0.2) is 0 Å². The van der Waals surface area contributed by atoms with Gasteiger partial charge in [0.1, 0.15) is 0 Å². The van der Waals surface area contributed by atoms with E-state index in [9.17, 15) is 4.57 Å². The smallest absolute Gasteiger partial charge is 0.271 e. The van der Waals surface area contributed by atoms with E-state index in [1.807, 2.05) is 0 Å². The molecule has 0 aliphatic carbocycles. The van der Waals surface area contributed by atoms with Crippen molar-refractivity contribution in [3.8, 4) is 0 Å².